The number of nitrogens with two attached hydrogens (primary N) is 1. The molecule has 32 heavy (non-hydrogen) atoms. The number of alkyl halides is 3. The van der Waals surface area contributed by atoms with Crippen molar-refractivity contribution < 1.29 is 26.2 Å². The maximum atomic E-state index is 13.7. The second kappa shape index (κ2) is 9.07. The number of aliphatic imine (C=N–C) groups is 1. The van der Waals surface area contributed by atoms with Gasteiger partial charge < -0.3 is 9.88 Å². The number of rotatable bonds is 5. The van der Waals surface area contributed by atoms with Gasteiger partial charge in [-0.1, -0.05) is 12.1 Å². The van der Waals surface area contributed by atoms with Crippen molar-refractivity contribution in [3.8, 4) is 0 Å². The maximum Gasteiger partial charge on any atom is 0.418 e. The Kier molecular flexibility index (Phi) is 6.97. The molecule has 3 N–H and O–H groups in total. The summed E-state index contributed by atoms with van der Waals surface area (Å²) in [6, 6.07) is 11.6. The Morgan fingerprint density at radius 2 is 1.78 bits per heavy atom. The highest BCUT2D eigenvalue weighted by molar-refractivity contribution is 14.2. The average Bonchev–Trinajstić information content (AvgIpc) is 2.90. The van der Waals surface area contributed by atoms with E-state index in [2.05, 4.69) is 14.0 Å². The molecule has 0 saturated carbocycles. The molecule has 6 nitrogen and oxygen atoms in total. The first-order valence-corrected chi connectivity index (χ1v) is 15.4. The fourth-order valence-corrected chi connectivity index (χ4v) is 5.80. The molecule has 0 unspecified atom stereocenters. The van der Waals surface area contributed by atoms with Crippen molar-refractivity contribution in [1.82, 2.24) is 0 Å². The van der Waals surface area contributed by atoms with Gasteiger partial charge in [-0.05, 0) is 78.2 Å². The van der Waals surface area contributed by atoms with E-state index < -0.39 is 55.4 Å². The summed E-state index contributed by atoms with van der Waals surface area (Å²) in [5.41, 5.74) is -0.904. The topological polar surface area (TPSA) is 102 Å². The second-order valence-electron chi connectivity index (χ2n) is 7.13. The van der Waals surface area contributed by atoms with Crippen LogP contribution in [0.25, 0.3) is 0 Å². The summed E-state index contributed by atoms with van der Waals surface area (Å²) >= 11 is -1.27. The normalized spacial score (nSPS) is 15.1. The van der Waals surface area contributed by atoms with E-state index in [0.717, 1.165) is 10.1 Å². The minimum absolute atomic E-state index is 0.0413. The van der Waals surface area contributed by atoms with Gasteiger partial charge in [0.15, 0.2) is 5.82 Å². The molecule has 0 radical (unpaired) electrons. The Morgan fingerprint density at radius 1 is 1.12 bits per heavy atom. The van der Waals surface area contributed by atoms with Crippen molar-refractivity contribution in [2.75, 3.05) is 18.6 Å². The molecule has 2 aromatic carbocycles. The highest BCUT2D eigenvalue weighted by Gasteiger charge is 2.38. The van der Waals surface area contributed by atoms with Gasteiger partial charge in [-0.2, -0.15) is 13.2 Å². The van der Waals surface area contributed by atoms with Crippen LogP contribution in [0, 0.1) is 0 Å². The summed E-state index contributed by atoms with van der Waals surface area (Å²) in [6.45, 7) is 3.27. The summed E-state index contributed by atoms with van der Waals surface area (Å²) in [5, 5.41) is 8.72. The smallest absolute Gasteiger partial charge is 0.333 e. The Hall–Kier alpha value is -2.04. The number of primary sulfonamides is 1. The lowest BCUT2D eigenvalue weighted by Gasteiger charge is -2.15. The van der Waals surface area contributed by atoms with Gasteiger partial charge in [-0.25, -0.2) is 18.5 Å². The monoisotopic (exact) mass is 595 g/mol. The van der Waals surface area contributed by atoms with Crippen LogP contribution in [0.5, 0.6) is 0 Å². The quantitative estimate of drug-likeness (QED) is 0.401. The van der Waals surface area contributed by atoms with Crippen LogP contribution in [0.2, 0.25) is 0 Å². The van der Waals surface area contributed by atoms with Crippen molar-refractivity contribution in [2.45, 2.75) is 11.1 Å². The van der Waals surface area contributed by atoms with Crippen molar-refractivity contribution in [3.05, 3.63) is 69.6 Å². The van der Waals surface area contributed by atoms with Crippen molar-refractivity contribution in [1.29, 1.82) is 0 Å². The Morgan fingerprint density at radius 3 is 2.34 bits per heavy atom. The van der Waals surface area contributed by atoms with Crippen molar-refractivity contribution in [3.63, 3.8) is 0 Å². The zero-order valence-corrected chi connectivity index (χ0v) is 20.7. The van der Waals surface area contributed by atoms with E-state index in [1.165, 1.54) is 18.2 Å². The lowest BCUT2D eigenvalue weighted by atomic mass is 10.0. The number of hydrogen-bond acceptors (Lipinski definition) is 5. The summed E-state index contributed by atoms with van der Waals surface area (Å²) < 4.78 is 80.7. The molecule has 1 heterocycles. The number of benzene rings is 2. The summed E-state index contributed by atoms with van der Waals surface area (Å²) in [5.74, 6) is 0.0771. The molecular formula is C20H18F3IN3O3PS. The number of hydrogen-bond donors (Lipinski definition) is 2. The highest BCUT2D eigenvalue weighted by Crippen LogP contribution is 2.35. The van der Waals surface area contributed by atoms with Gasteiger partial charge in [-0.15, -0.1) is 0 Å². The number of sulfonamides is 1. The van der Waals surface area contributed by atoms with Gasteiger partial charge in [-0.3, -0.25) is 0 Å². The fraction of sp³-hybridized carbons (Fsp3) is 0.150. The van der Waals surface area contributed by atoms with E-state index >= 15 is 0 Å². The molecule has 0 spiro atoms. The van der Waals surface area contributed by atoms with E-state index in [4.69, 9.17) is 5.14 Å². The zero-order valence-electron chi connectivity index (χ0n) is 16.8. The van der Waals surface area contributed by atoms with Crippen LogP contribution in [-0.2, 0) is 14.6 Å². The van der Waals surface area contributed by atoms with E-state index in [9.17, 15) is 26.2 Å². The summed E-state index contributed by atoms with van der Waals surface area (Å²) in [4.78, 5) is 3.82. The third kappa shape index (κ3) is 6.05. The minimum Gasteiger partial charge on any atom is -0.333 e. The van der Waals surface area contributed by atoms with Crippen molar-refractivity contribution in [2.24, 2.45) is 10.1 Å². The zero-order chi connectivity index (χ0) is 23.7. The van der Waals surface area contributed by atoms with Crippen LogP contribution in [0.4, 0.5) is 18.9 Å². The maximum absolute atomic E-state index is 13.7. The molecule has 12 heteroatoms. The first-order chi connectivity index (χ1) is 14.7. The Labute approximate surface area is 193 Å². The van der Waals surface area contributed by atoms with Gasteiger partial charge in [0.25, 0.3) is 0 Å². The fourth-order valence-electron chi connectivity index (χ4n) is 2.71. The lowest BCUT2D eigenvalue weighted by molar-refractivity contribution is -0.0857. The number of anilines is 1. The van der Waals surface area contributed by atoms with Gasteiger partial charge in [0.05, 0.1) is 16.2 Å². The first kappa shape index (κ1) is 24.6. The SMILES string of the molecule is CP(C)(=O)c1ccc(NC2=C=IC=C(C(F)(F)F)C(c3cccc(S(N)(=O)=O)c3)=N2)cc1. The molecule has 0 aliphatic carbocycles. The third-order valence-corrected chi connectivity index (χ3v) is 8.49. The molecule has 3 rings (SSSR count). The predicted molar refractivity (Wildman–Crippen MR) is 130 cm³/mol. The minimum atomic E-state index is -4.70. The van der Waals surface area contributed by atoms with Gasteiger partial charge in [0.1, 0.15) is 7.14 Å². The van der Waals surface area contributed by atoms with Crippen molar-refractivity contribution >= 4 is 58.3 Å². The number of nitrogens with one attached hydrogen (secondary N) is 1. The Bertz CT molecular complexity index is 1340. The van der Waals surface area contributed by atoms with E-state index in [0.29, 0.717) is 11.0 Å². The number of nitrogens with zero attached hydrogens (tertiary/aromatic N) is 1. The van der Waals surface area contributed by atoms with Crippen LogP contribution >= 0.6 is 27.9 Å². The van der Waals surface area contributed by atoms with Crippen LogP contribution in [0.1, 0.15) is 5.56 Å². The van der Waals surface area contributed by atoms with E-state index in [1.54, 1.807) is 37.6 Å². The summed E-state index contributed by atoms with van der Waals surface area (Å²) in [7, 11) is -6.56. The predicted octanol–water partition coefficient (Wildman–Crippen LogP) is 4.16. The Balaban J connectivity index is 2.05. The number of allylic oxidation sites excluding steroid dienone is 1. The molecule has 1 aliphatic rings. The average molecular weight is 595 g/mol. The van der Waals surface area contributed by atoms with Crippen LogP contribution in [0.3, 0.4) is 0 Å². The molecule has 0 amide bonds. The molecule has 0 saturated heterocycles. The highest BCUT2D eigenvalue weighted by atomic mass is 127. The van der Waals surface area contributed by atoms with E-state index in [1.807, 2.05) is 0 Å². The number of halogens is 4. The summed E-state index contributed by atoms with van der Waals surface area (Å²) in [6.07, 6.45) is -4.70. The molecular weight excluding hydrogens is 577 g/mol. The van der Waals surface area contributed by atoms with Crippen LogP contribution in [0.15, 0.2) is 73.9 Å². The standard InChI is InChI=1S/C20H18F3IN3O3PS/c1-31(2,28)15-8-6-14(7-9-15)26-18-12-24-11-17(20(21,22)23)19(27-18)13-4-3-5-16(10-13)32(25,29)30/h3-11,26H,1-2H3,(H2,25,29,30). The van der Waals surface area contributed by atoms with Crippen LogP contribution in [-0.4, -0.2) is 37.3 Å². The first-order valence-electron chi connectivity index (χ1n) is 8.93. The van der Waals surface area contributed by atoms with E-state index in [-0.39, 0.29) is 16.3 Å². The third-order valence-electron chi connectivity index (χ3n) is 4.28. The van der Waals surface area contributed by atoms with Gasteiger partial charge >= 0.3 is 6.18 Å². The van der Waals surface area contributed by atoms with Crippen LogP contribution < -0.4 is 15.8 Å². The lowest BCUT2D eigenvalue weighted by Crippen LogP contribution is -2.22. The molecule has 1 aliphatic heterocycles. The van der Waals surface area contributed by atoms with Gasteiger partial charge in [0, 0.05) is 16.6 Å². The molecule has 170 valence electrons. The molecule has 2 aromatic rings. The molecule has 0 atom stereocenters. The van der Waals surface area contributed by atoms with Gasteiger partial charge in [0.2, 0.25) is 10.0 Å². The molecule has 0 aromatic heterocycles. The molecule has 0 fully saturated rings. The molecule has 0 bridgehead atoms. The largest absolute Gasteiger partial charge is 0.418 e. The second-order valence-corrected chi connectivity index (χ2v) is 13.7.